The third kappa shape index (κ3) is 5.52. The molecular weight excluding hydrogens is 390 g/mol. The lowest BCUT2D eigenvalue weighted by atomic mass is 9.76. The highest BCUT2D eigenvalue weighted by Crippen LogP contribution is 2.39. The van der Waals surface area contributed by atoms with Crippen molar-refractivity contribution in [3.05, 3.63) is 60.2 Å². The molecule has 0 bridgehead atoms. The number of hydrogen-bond donors (Lipinski definition) is 0. The van der Waals surface area contributed by atoms with Crippen LogP contribution in [-0.2, 0) is 11.8 Å². The van der Waals surface area contributed by atoms with Gasteiger partial charge in [-0.25, -0.2) is 0 Å². The van der Waals surface area contributed by atoms with Crippen LogP contribution >= 0.6 is 0 Å². The number of unbranched alkanes of at least 4 members (excludes halogenated alkanes) is 4. The van der Waals surface area contributed by atoms with Gasteiger partial charge >= 0.3 is 0 Å². The predicted molar refractivity (Wildman–Crippen MR) is 136 cm³/mol. The molecule has 0 spiro atoms. The number of fused-ring (bicyclic) bond motifs is 1. The van der Waals surface area contributed by atoms with Gasteiger partial charge in [-0.2, -0.15) is 0 Å². The van der Waals surface area contributed by atoms with Gasteiger partial charge in [-0.05, 0) is 73.3 Å². The lowest BCUT2D eigenvalue weighted by Gasteiger charge is -2.28. The number of rotatable bonds is 10. The van der Waals surface area contributed by atoms with Crippen LogP contribution in [0.1, 0.15) is 89.0 Å². The molecule has 2 heteroatoms. The molecule has 32 heavy (non-hydrogen) atoms. The maximum absolute atomic E-state index is 12.4. The first-order valence-corrected chi connectivity index (χ1v) is 12.8. The van der Waals surface area contributed by atoms with E-state index in [9.17, 15) is 4.79 Å². The molecule has 0 atom stereocenters. The quantitative estimate of drug-likeness (QED) is 0.296. The maximum atomic E-state index is 12.4. The summed E-state index contributed by atoms with van der Waals surface area (Å²) in [7, 11) is 2.16. The number of hydrogen-bond acceptors (Lipinski definition) is 1. The van der Waals surface area contributed by atoms with Crippen molar-refractivity contribution >= 4 is 16.7 Å². The second kappa shape index (κ2) is 11.0. The number of carbonyl (C=O) groups excluding carboxylic acids is 1. The Morgan fingerprint density at radius 3 is 2.47 bits per heavy atom. The second-order valence-electron chi connectivity index (χ2n) is 9.90. The van der Waals surface area contributed by atoms with E-state index in [1.54, 1.807) is 0 Å². The van der Waals surface area contributed by atoms with Crippen LogP contribution in [0.5, 0.6) is 0 Å². The van der Waals surface area contributed by atoms with Gasteiger partial charge in [-0.3, -0.25) is 4.79 Å². The standard InChI is InChI=1S/C30H39NO/c1-3-4-5-6-7-14-28(32)20-23-16-18-24(19-17-23)25-12-10-13-26(21-25)30-22-27-11-8-9-15-29(27)31(30)2/h8-13,15,21-24H,3-7,14,16-20H2,1-2H3. The van der Waals surface area contributed by atoms with Crippen LogP contribution in [0.3, 0.4) is 0 Å². The zero-order valence-electron chi connectivity index (χ0n) is 20.0. The van der Waals surface area contributed by atoms with Gasteiger partial charge in [0, 0.05) is 36.5 Å². The molecule has 0 radical (unpaired) electrons. The summed E-state index contributed by atoms with van der Waals surface area (Å²) >= 11 is 0. The summed E-state index contributed by atoms with van der Waals surface area (Å²) in [4.78, 5) is 12.4. The van der Waals surface area contributed by atoms with Crippen molar-refractivity contribution < 1.29 is 4.79 Å². The van der Waals surface area contributed by atoms with Crippen molar-refractivity contribution in [3.8, 4) is 11.3 Å². The first-order chi connectivity index (χ1) is 15.7. The number of aromatic nitrogens is 1. The molecule has 2 aromatic carbocycles. The summed E-state index contributed by atoms with van der Waals surface area (Å²) in [5.41, 5.74) is 5.34. The van der Waals surface area contributed by atoms with Crippen molar-refractivity contribution in [1.82, 2.24) is 4.57 Å². The Balaban J connectivity index is 1.32. The molecule has 4 rings (SSSR count). The molecule has 1 saturated carbocycles. The minimum absolute atomic E-state index is 0.503. The summed E-state index contributed by atoms with van der Waals surface area (Å²) < 4.78 is 2.30. The van der Waals surface area contributed by atoms with Crippen LogP contribution in [0, 0.1) is 5.92 Å². The molecule has 1 aliphatic carbocycles. The van der Waals surface area contributed by atoms with Gasteiger partial charge in [0.2, 0.25) is 0 Å². The lowest BCUT2D eigenvalue weighted by Crippen LogP contribution is -2.16. The Morgan fingerprint density at radius 2 is 1.69 bits per heavy atom. The van der Waals surface area contributed by atoms with Crippen molar-refractivity contribution in [1.29, 1.82) is 0 Å². The fourth-order valence-electron chi connectivity index (χ4n) is 5.57. The third-order valence-electron chi connectivity index (χ3n) is 7.53. The van der Waals surface area contributed by atoms with Crippen molar-refractivity contribution in [2.24, 2.45) is 13.0 Å². The molecule has 1 aromatic heterocycles. The van der Waals surface area contributed by atoms with E-state index in [1.165, 1.54) is 79.1 Å². The van der Waals surface area contributed by atoms with Crippen LogP contribution in [0.2, 0.25) is 0 Å². The van der Waals surface area contributed by atoms with Gasteiger partial charge in [0.05, 0.1) is 0 Å². The minimum Gasteiger partial charge on any atom is -0.344 e. The highest BCUT2D eigenvalue weighted by Gasteiger charge is 2.24. The summed E-state index contributed by atoms with van der Waals surface area (Å²) in [6.07, 6.45) is 12.6. The minimum atomic E-state index is 0.503. The van der Waals surface area contributed by atoms with Gasteiger partial charge in [0.25, 0.3) is 0 Å². The topological polar surface area (TPSA) is 22.0 Å². The van der Waals surface area contributed by atoms with Gasteiger partial charge in [-0.1, -0.05) is 69.0 Å². The zero-order chi connectivity index (χ0) is 22.3. The Labute approximate surface area is 194 Å². The Kier molecular flexibility index (Phi) is 7.84. The molecule has 1 heterocycles. The van der Waals surface area contributed by atoms with E-state index < -0.39 is 0 Å². The molecule has 1 fully saturated rings. The Bertz CT molecular complexity index is 1020. The van der Waals surface area contributed by atoms with Crippen LogP contribution in [0.4, 0.5) is 0 Å². The number of aryl methyl sites for hydroxylation is 1. The Morgan fingerprint density at radius 1 is 0.906 bits per heavy atom. The highest BCUT2D eigenvalue weighted by molar-refractivity contribution is 5.87. The highest BCUT2D eigenvalue weighted by atomic mass is 16.1. The van der Waals surface area contributed by atoms with E-state index >= 15 is 0 Å². The second-order valence-corrected chi connectivity index (χ2v) is 9.90. The SMILES string of the molecule is CCCCCCCC(=O)CC1CCC(c2cccc(-c3cc4ccccc4n3C)c2)CC1. The summed E-state index contributed by atoms with van der Waals surface area (Å²) in [6, 6.07) is 20.1. The van der Waals surface area contributed by atoms with Gasteiger partial charge in [0.1, 0.15) is 5.78 Å². The monoisotopic (exact) mass is 429 g/mol. The van der Waals surface area contributed by atoms with Crippen molar-refractivity contribution in [2.75, 3.05) is 0 Å². The fourth-order valence-corrected chi connectivity index (χ4v) is 5.57. The molecule has 0 saturated heterocycles. The first-order valence-electron chi connectivity index (χ1n) is 12.8. The van der Waals surface area contributed by atoms with E-state index in [4.69, 9.17) is 0 Å². The largest absolute Gasteiger partial charge is 0.344 e. The number of carbonyl (C=O) groups is 1. The summed E-state index contributed by atoms with van der Waals surface area (Å²) in [5.74, 6) is 1.74. The van der Waals surface area contributed by atoms with E-state index in [0.717, 1.165) is 19.3 Å². The molecule has 170 valence electrons. The fraction of sp³-hybridized carbons (Fsp3) is 0.500. The normalized spacial score (nSPS) is 18.8. The van der Waals surface area contributed by atoms with E-state index in [-0.39, 0.29) is 0 Å². The third-order valence-corrected chi connectivity index (χ3v) is 7.53. The van der Waals surface area contributed by atoms with Gasteiger partial charge in [0.15, 0.2) is 0 Å². The van der Waals surface area contributed by atoms with E-state index in [1.807, 2.05) is 0 Å². The lowest BCUT2D eigenvalue weighted by molar-refractivity contribution is -0.120. The van der Waals surface area contributed by atoms with Crippen LogP contribution in [0.15, 0.2) is 54.6 Å². The van der Waals surface area contributed by atoms with Crippen LogP contribution in [-0.4, -0.2) is 10.4 Å². The average molecular weight is 430 g/mol. The van der Waals surface area contributed by atoms with E-state index in [0.29, 0.717) is 17.6 Å². The average Bonchev–Trinajstić information content (AvgIpc) is 3.16. The number of para-hydroxylation sites is 1. The molecule has 0 aliphatic heterocycles. The molecule has 0 amide bonds. The first kappa shape index (κ1) is 22.8. The zero-order valence-corrected chi connectivity index (χ0v) is 20.0. The number of ketones is 1. The number of nitrogens with zero attached hydrogens (tertiary/aromatic N) is 1. The van der Waals surface area contributed by atoms with Crippen molar-refractivity contribution in [2.45, 2.75) is 83.5 Å². The molecule has 3 aromatic rings. The van der Waals surface area contributed by atoms with Crippen molar-refractivity contribution in [3.63, 3.8) is 0 Å². The summed E-state index contributed by atoms with van der Waals surface area (Å²) in [6.45, 7) is 2.24. The Hall–Kier alpha value is -2.35. The molecule has 1 aliphatic rings. The maximum Gasteiger partial charge on any atom is 0.133 e. The van der Waals surface area contributed by atoms with Crippen LogP contribution < -0.4 is 0 Å². The summed E-state index contributed by atoms with van der Waals surface area (Å²) in [5, 5.41) is 1.30. The smallest absolute Gasteiger partial charge is 0.133 e. The molecular formula is C30H39NO. The van der Waals surface area contributed by atoms with Gasteiger partial charge < -0.3 is 4.57 Å². The number of benzene rings is 2. The molecule has 0 N–H and O–H groups in total. The molecule has 0 unspecified atom stereocenters. The predicted octanol–water partition coefficient (Wildman–Crippen LogP) is 8.44. The number of Topliss-reactive ketones (excluding diaryl/α,β-unsaturated/α-hetero) is 1. The van der Waals surface area contributed by atoms with E-state index in [2.05, 4.69) is 73.1 Å². The molecule has 2 nitrogen and oxygen atoms in total. The van der Waals surface area contributed by atoms with Crippen LogP contribution in [0.25, 0.3) is 22.2 Å². The van der Waals surface area contributed by atoms with Gasteiger partial charge in [-0.15, -0.1) is 0 Å².